The van der Waals surface area contributed by atoms with Crippen LogP contribution in [0.4, 0.5) is 11.4 Å². The fourth-order valence-electron chi connectivity index (χ4n) is 3.47. The second kappa shape index (κ2) is 9.59. The SMILES string of the molecule is Cc1cccc(NC(=O)c2cc3cc(Cl)ccc3n2NC(=O)C(=O)Nc2cccc(Cl)c2C)c1. The molecule has 0 aliphatic carbocycles. The quantitative estimate of drug-likeness (QED) is 0.326. The molecule has 0 atom stereocenters. The van der Waals surface area contributed by atoms with Gasteiger partial charge in [-0.2, -0.15) is 0 Å². The molecule has 0 spiro atoms. The zero-order chi connectivity index (χ0) is 24.4. The molecule has 0 aliphatic heterocycles. The monoisotopic (exact) mass is 494 g/mol. The molecule has 34 heavy (non-hydrogen) atoms. The van der Waals surface area contributed by atoms with Crippen molar-refractivity contribution in [1.29, 1.82) is 0 Å². The normalized spacial score (nSPS) is 10.7. The largest absolute Gasteiger partial charge is 0.328 e. The third-order valence-corrected chi connectivity index (χ3v) is 5.85. The van der Waals surface area contributed by atoms with E-state index in [0.717, 1.165) is 5.56 Å². The molecule has 4 rings (SSSR count). The highest BCUT2D eigenvalue weighted by Crippen LogP contribution is 2.25. The van der Waals surface area contributed by atoms with Crippen LogP contribution in [0, 0.1) is 13.8 Å². The Labute approximate surface area is 205 Å². The Hall–Kier alpha value is -3.81. The van der Waals surface area contributed by atoms with Gasteiger partial charge in [0.1, 0.15) is 5.69 Å². The van der Waals surface area contributed by atoms with Gasteiger partial charge in [0.2, 0.25) is 0 Å². The van der Waals surface area contributed by atoms with Crippen molar-refractivity contribution < 1.29 is 14.4 Å². The van der Waals surface area contributed by atoms with Crippen molar-refractivity contribution in [2.24, 2.45) is 0 Å². The van der Waals surface area contributed by atoms with E-state index in [2.05, 4.69) is 16.1 Å². The third-order valence-electron chi connectivity index (χ3n) is 5.21. The van der Waals surface area contributed by atoms with Gasteiger partial charge in [0.05, 0.1) is 5.52 Å². The number of rotatable bonds is 4. The summed E-state index contributed by atoms with van der Waals surface area (Å²) in [5, 5.41) is 6.90. The van der Waals surface area contributed by atoms with Crippen molar-refractivity contribution >= 4 is 63.2 Å². The summed E-state index contributed by atoms with van der Waals surface area (Å²) in [5.41, 5.74) is 5.75. The molecule has 1 heterocycles. The van der Waals surface area contributed by atoms with Crippen LogP contribution in [0.25, 0.3) is 10.9 Å². The van der Waals surface area contributed by atoms with Crippen LogP contribution in [0.1, 0.15) is 21.6 Å². The molecule has 7 nitrogen and oxygen atoms in total. The van der Waals surface area contributed by atoms with Gasteiger partial charge in [0.25, 0.3) is 5.91 Å². The Balaban J connectivity index is 1.64. The van der Waals surface area contributed by atoms with Crippen LogP contribution < -0.4 is 16.1 Å². The zero-order valence-electron chi connectivity index (χ0n) is 18.3. The second-order valence-electron chi connectivity index (χ2n) is 7.70. The minimum atomic E-state index is -0.962. The molecule has 3 N–H and O–H groups in total. The van der Waals surface area contributed by atoms with Crippen molar-refractivity contribution in [1.82, 2.24) is 4.68 Å². The van der Waals surface area contributed by atoms with Gasteiger partial charge in [-0.1, -0.05) is 41.4 Å². The van der Waals surface area contributed by atoms with Gasteiger partial charge in [-0.15, -0.1) is 0 Å². The van der Waals surface area contributed by atoms with Crippen LogP contribution in [0.15, 0.2) is 66.7 Å². The molecule has 0 radical (unpaired) electrons. The molecular weight excluding hydrogens is 475 g/mol. The lowest BCUT2D eigenvalue weighted by Gasteiger charge is -2.14. The number of carbonyl (C=O) groups excluding carboxylic acids is 3. The van der Waals surface area contributed by atoms with E-state index >= 15 is 0 Å². The molecule has 3 aromatic carbocycles. The van der Waals surface area contributed by atoms with Crippen LogP contribution in [0.3, 0.4) is 0 Å². The lowest BCUT2D eigenvalue weighted by Crippen LogP contribution is -2.36. The minimum absolute atomic E-state index is 0.124. The number of aryl methyl sites for hydroxylation is 1. The standard InChI is InChI=1S/C25H20Cl2N4O3/c1-14-5-3-6-18(11-14)28-23(32)22-13-16-12-17(26)9-10-21(16)31(22)30-25(34)24(33)29-20-8-4-7-19(27)15(20)2/h3-13H,1-2H3,(H,28,32)(H,29,33)(H,30,34). The highest BCUT2D eigenvalue weighted by atomic mass is 35.5. The van der Waals surface area contributed by atoms with E-state index in [9.17, 15) is 14.4 Å². The fourth-order valence-corrected chi connectivity index (χ4v) is 3.82. The maximum atomic E-state index is 13.1. The summed E-state index contributed by atoms with van der Waals surface area (Å²) >= 11 is 12.2. The van der Waals surface area contributed by atoms with Crippen LogP contribution in [0.2, 0.25) is 10.0 Å². The number of fused-ring (bicyclic) bond motifs is 1. The summed E-state index contributed by atoms with van der Waals surface area (Å²) in [6.07, 6.45) is 0. The lowest BCUT2D eigenvalue weighted by molar-refractivity contribution is -0.133. The topological polar surface area (TPSA) is 92.2 Å². The van der Waals surface area contributed by atoms with Gasteiger partial charge >= 0.3 is 11.8 Å². The van der Waals surface area contributed by atoms with E-state index in [4.69, 9.17) is 23.2 Å². The van der Waals surface area contributed by atoms with E-state index in [1.54, 1.807) is 55.5 Å². The molecule has 0 fully saturated rings. The first-order valence-electron chi connectivity index (χ1n) is 10.3. The van der Waals surface area contributed by atoms with E-state index in [1.807, 2.05) is 25.1 Å². The molecule has 0 unspecified atom stereocenters. The van der Waals surface area contributed by atoms with Gasteiger partial charge < -0.3 is 10.6 Å². The van der Waals surface area contributed by atoms with Gasteiger partial charge in [-0.25, -0.2) is 4.68 Å². The Morgan fingerprint density at radius 2 is 1.59 bits per heavy atom. The van der Waals surface area contributed by atoms with Crippen molar-refractivity contribution in [3.05, 3.63) is 93.6 Å². The molecule has 9 heteroatoms. The predicted molar refractivity (Wildman–Crippen MR) is 135 cm³/mol. The Morgan fingerprint density at radius 1 is 0.824 bits per heavy atom. The van der Waals surface area contributed by atoms with E-state index < -0.39 is 17.7 Å². The van der Waals surface area contributed by atoms with Gasteiger partial charge in [0, 0.05) is 26.8 Å². The van der Waals surface area contributed by atoms with Crippen LogP contribution in [-0.2, 0) is 9.59 Å². The smallest absolute Gasteiger partial charge is 0.321 e. The van der Waals surface area contributed by atoms with Crippen LogP contribution >= 0.6 is 23.2 Å². The summed E-state index contributed by atoms with van der Waals surface area (Å²) in [7, 11) is 0. The Bertz CT molecular complexity index is 1450. The molecule has 4 aromatic rings. The summed E-state index contributed by atoms with van der Waals surface area (Å²) in [6, 6.07) is 18.8. The van der Waals surface area contributed by atoms with Crippen molar-refractivity contribution in [2.45, 2.75) is 13.8 Å². The first-order valence-corrected chi connectivity index (χ1v) is 11.0. The molecule has 0 aliphatic rings. The number of aromatic nitrogens is 1. The Morgan fingerprint density at radius 3 is 2.35 bits per heavy atom. The molecule has 0 saturated carbocycles. The van der Waals surface area contributed by atoms with E-state index in [0.29, 0.717) is 37.9 Å². The minimum Gasteiger partial charge on any atom is -0.321 e. The molecule has 0 bridgehead atoms. The molecule has 1 aromatic heterocycles. The van der Waals surface area contributed by atoms with E-state index in [1.165, 1.54) is 4.68 Å². The van der Waals surface area contributed by atoms with Gasteiger partial charge in [-0.05, 0) is 73.5 Å². The molecule has 3 amide bonds. The van der Waals surface area contributed by atoms with E-state index in [-0.39, 0.29) is 5.69 Å². The number of carbonyl (C=O) groups is 3. The maximum Gasteiger partial charge on any atom is 0.328 e. The summed E-state index contributed by atoms with van der Waals surface area (Å²) in [5.74, 6) is -2.34. The van der Waals surface area contributed by atoms with Crippen LogP contribution in [-0.4, -0.2) is 22.4 Å². The van der Waals surface area contributed by atoms with Crippen LogP contribution in [0.5, 0.6) is 0 Å². The summed E-state index contributed by atoms with van der Waals surface area (Å²) in [4.78, 5) is 38.5. The first-order chi connectivity index (χ1) is 16.2. The summed E-state index contributed by atoms with van der Waals surface area (Å²) in [6.45, 7) is 3.64. The third kappa shape index (κ3) is 4.90. The van der Waals surface area contributed by atoms with Crippen molar-refractivity contribution in [3.8, 4) is 0 Å². The number of anilines is 2. The molecule has 172 valence electrons. The van der Waals surface area contributed by atoms with Crippen molar-refractivity contribution in [2.75, 3.05) is 16.1 Å². The highest BCUT2D eigenvalue weighted by molar-refractivity contribution is 6.43. The summed E-state index contributed by atoms with van der Waals surface area (Å²) < 4.78 is 1.27. The number of hydrogen-bond acceptors (Lipinski definition) is 3. The number of benzene rings is 3. The van der Waals surface area contributed by atoms with Crippen molar-refractivity contribution in [3.63, 3.8) is 0 Å². The maximum absolute atomic E-state index is 13.1. The molecular formula is C25H20Cl2N4O3. The number of amides is 3. The average Bonchev–Trinajstić information content (AvgIpc) is 3.14. The lowest BCUT2D eigenvalue weighted by atomic mass is 10.2. The fraction of sp³-hybridized carbons (Fsp3) is 0.0800. The number of hydrogen-bond donors (Lipinski definition) is 3. The number of nitrogens with zero attached hydrogens (tertiary/aromatic N) is 1. The number of nitrogens with one attached hydrogen (secondary N) is 3. The Kier molecular flexibility index (Phi) is 6.58. The van der Waals surface area contributed by atoms with Gasteiger partial charge in [0.15, 0.2) is 0 Å². The predicted octanol–water partition coefficient (Wildman–Crippen LogP) is 5.53. The average molecular weight is 495 g/mol. The van der Waals surface area contributed by atoms with Gasteiger partial charge in [-0.3, -0.25) is 19.8 Å². The number of halogens is 2. The second-order valence-corrected chi connectivity index (χ2v) is 8.54. The highest BCUT2D eigenvalue weighted by Gasteiger charge is 2.22. The zero-order valence-corrected chi connectivity index (χ0v) is 19.8. The first kappa shape index (κ1) is 23.4. The molecule has 0 saturated heterocycles.